The molecule has 0 atom stereocenters. The van der Waals surface area contributed by atoms with E-state index in [2.05, 4.69) is 14.9 Å². The molecule has 1 saturated heterocycles. The number of nitrogens with zero attached hydrogens (tertiary/aromatic N) is 2. The number of hydrogen-bond acceptors (Lipinski definition) is 5. The number of aromatic nitrogens is 2. The summed E-state index contributed by atoms with van der Waals surface area (Å²) in [5, 5.41) is 6.60. The number of methoxy groups -OCH3 is 1. The predicted octanol–water partition coefficient (Wildman–Crippen LogP) is -0.0578. The van der Waals surface area contributed by atoms with Gasteiger partial charge in [0.15, 0.2) is 0 Å². The number of rotatable bonds is 5. The van der Waals surface area contributed by atoms with Crippen molar-refractivity contribution in [3.05, 3.63) is 11.4 Å². The fourth-order valence-corrected chi connectivity index (χ4v) is 4.35. The smallest absolute Gasteiger partial charge is 0.248 e. The zero-order chi connectivity index (χ0) is 16.3. The zero-order valence-electron chi connectivity index (χ0n) is 13.0. The number of aromatic amines is 1. The van der Waals surface area contributed by atoms with E-state index in [1.54, 1.807) is 18.7 Å². The highest BCUT2D eigenvalue weighted by Crippen LogP contribution is 2.19. The third-order valence-corrected chi connectivity index (χ3v) is 5.55. The van der Waals surface area contributed by atoms with Gasteiger partial charge < -0.3 is 9.64 Å². The average Bonchev–Trinajstić information content (AvgIpc) is 2.79. The highest BCUT2D eigenvalue weighted by Gasteiger charge is 2.29. The quantitative estimate of drug-likeness (QED) is 0.787. The molecule has 0 spiro atoms. The van der Waals surface area contributed by atoms with Crippen molar-refractivity contribution in [1.82, 2.24) is 19.8 Å². The Bertz CT molecular complexity index is 613. The van der Waals surface area contributed by atoms with Crippen LogP contribution >= 0.6 is 0 Å². The molecule has 124 valence electrons. The Labute approximate surface area is 130 Å². The summed E-state index contributed by atoms with van der Waals surface area (Å²) in [7, 11) is -2.12. The molecule has 0 radical (unpaired) electrons. The first kappa shape index (κ1) is 16.9. The number of piperidine rings is 1. The number of likely N-dealkylation sites (tertiary alicyclic amines) is 1. The van der Waals surface area contributed by atoms with E-state index < -0.39 is 10.0 Å². The standard InChI is InChI=1S/C13H22N4O4S/c1-9-13(10(2)15-14-9)22(19,20)16-11-4-6-17(7-5-11)12(18)8-21-3/h11,16H,4-8H2,1-3H3,(H,14,15). The highest BCUT2D eigenvalue weighted by atomic mass is 32.2. The van der Waals surface area contributed by atoms with Gasteiger partial charge in [-0.25, -0.2) is 13.1 Å². The summed E-state index contributed by atoms with van der Waals surface area (Å²) in [6, 6.07) is -0.176. The molecule has 0 bridgehead atoms. The molecule has 9 heteroatoms. The number of carbonyl (C=O) groups is 1. The Hall–Kier alpha value is -1.45. The summed E-state index contributed by atoms with van der Waals surface area (Å²) in [5.41, 5.74) is 0.982. The van der Waals surface area contributed by atoms with Crippen molar-refractivity contribution in [2.45, 2.75) is 37.6 Å². The van der Waals surface area contributed by atoms with Gasteiger partial charge in [-0.05, 0) is 26.7 Å². The summed E-state index contributed by atoms with van der Waals surface area (Å²) in [4.78, 5) is 13.6. The van der Waals surface area contributed by atoms with Crippen LogP contribution in [0, 0.1) is 13.8 Å². The molecule has 2 N–H and O–H groups in total. The Morgan fingerprint density at radius 3 is 2.55 bits per heavy atom. The van der Waals surface area contributed by atoms with Gasteiger partial charge in [-0.3, -0.25) is 9.89 Å². The van der Waals surface area contributed by atoms with Crippen LogP contribution < -0.4 is 4.72 Å². The van der Waals surface area contributed by atoms with E-state index in [1.165, 1.54) is 7.11 Å². The van der Waals surface area contributed by atoms with Gasteiger partial charge in [0.1, 0.15) is 11.5 Å². The molecule has 1 aliphatic rings. The molecule has 0 unspecified atom stereocenters. The summed E-state index contributed by atoms with van der Waals surface area (Å²) in [6.07, 6.45) is 1.18. The summed E-state index contributed by atoms with van der Waals surface area (Å²) >= 11 is 0. The van der Waals surface area contributed by atoms with E-state index in [1.807, 2.05) is 0 Å². The normalized spacial score (nSPS) is 17.0. The van der Waals surface area contributed by atoms with E-state index >= 15 is 0 Å². The SMILES string of the molecule is COCC(=O)N1CCC(NS(=O)(=O)c2c(C)n[nH]c2C)CC1. The van der Waals surface area contributed by atoms with Gasteiger partial charge in [0.2, 0.25) is 15.9 Å². The molecular formula is C13H22N4O4S. The fourth-order valence-electron chi connectivity index (χ4n) is 2.68. The second-order valence-corrected chi connectivity index (χ2v) is 7.12. The Balaban J connectivity index is 1.97. The minimum absolute atomic E-state index is 0.0593. The zero-order valence-corrected chi connectivity index (χ0v) is 13.9. The van der Waals surface area contributed by atoms with Crippen LogP contribution in [-0.4, -0.2) is 62.3 Å². The lowest BCUT2D eigenvalue weighted by Gasteiger charge is -2.32. The first-order valence-corrected chi connectivity index (χ1v) is 8.64. The van der Waals surface area contributed by atoms with Gasteiger partial charge in [0.25, 0.3) is 0 Å². The van der Waals surface area contributed by atoms with E-state index in [9.17, 15) is 13.2 Å². The van der Waals surface area contributed by atoms with Crippen LogP contribution in [0.3, 0.4) is 0 Å². The number of ether oxygens (including phenoxy) is 1. The van der Waals surface area contributed by atoms with E-state index in [0.29, 0.717) is 37.3 Å². The monoisotopic (exact) mass is 330 g/mol. The largest absolute Gasteiger partial charge is 0.375 e. The highest BCUT2D eigenvalue weighted by molar-refractivity contribution is 7.89. The van der Waals surface area contributed by atoms with Gasteiger partial charge in [0, 0.05) is 26.2 Å². The number of amides is 1. The van der Waals surface area contributed by atoms with Gasteiger partial charge in [-0.15, -0.1) is 0 Å². The first-order chi connectivity index (χ1) is 10.3. The molecule has 0 aliphatic carbocycles. The Morgan fingerprint density at radius 2 is 2.05 bits per heavy atom. The fraction of sp³-hybridized carbons (Fsp3) is 0.692. The maximum atomic E-state index is 12.4. The van der Waals surface area contributed by atoms with Crippen molar-refractivity contribution in [3.63, 3.8) is 0 Å². The molecule has 1 fully saturated rings. The van der Waals surface area contributed by atoms with Crippen LogP contribution in [0.2, 0.25) is 0 Å². The topological polar surface area (TPSA) is 104 Å². The molecule has 1 amide bonds. The maximum absolute atomic E-state index is 12.4. The molecule has 0 aromatic carbocycles. The molecule has 22 heavy (non-hydrogen) atoms. The van der Waals surface area contributed by atoms with E-state index in [-0.39, 0.29) is 23.5 Å². The van der Waals surface area contributed by atoms with Crippen LogP contribution in [0.4, 0.5) is 0 Å². The van der Waals surface area contributed by atoms with Gasteiger partial charge >= 0.3 is 0 Å². The summed E-state index contributed by atoms with van der Waals surface area (Å²) in [5.74, 6) is -0.0645. The number of nitrogens with one attached hydrogen (secondary N) is 2. The molecule has 8 nitrogen and oxygen atoms in total. The van der Waals surface area contributed by atoms with E-state index in [4.69, 9.17) is 4.74 Å². The second-order valence-electron chi connectivity index (χ2n) is 5.47. The van der Waals surface area contributed by atoms with Crippen molar-refractivity contribution in [2.75, 3.05) is 26.8 Å². The van der Waals surface area contributed by atoms with Crippen LogP contribution in [0.15, 0.2) is 4.90 Å². The molecule has 1 aromatic rings. The Kier molecular flexibility index (Phi) is 5.20. The van der Waals surface area contributed by atoms with Crippen molar-refractivity contribution in [2.24, 2.45) is 0 Å². The molecule has 1 aliphatic heterocycles. The van der Waals surface area contributed by atoms with Crippen LogP contribution in [0.25, 0.3) is 0 Å². The number of hydrogen-bond donors (Lipinski definition) is 2. The van der Waals surface area contributed by atoms with E-state index in [0.717, 1.165) is 0 Å². The lowest BCUT2D eigenvalue weighted by Crippen LogP contribution is -2.47. The molecule has 2 heterocycles. The minimum atomic E-state index is -3.60. The third-order valence-electron chi connectivity index (χ3n) is 3.77. The predicted molar refractivity (Wildman–Crippen MR) is 79.9 cm³/mol. The van der Waals surface area contributed by atoms with Crippen LogP contribution in [-0.2, 0) is 19.6 Å². The molecule has 0 saturated carbocycles. The van der Waals surface area contributed by atoms with Gasteiger partial charge in [0.05, 0.1) is 11.4 Å². The van der Waals surface area contributed by atoms with Crippen molar-refractivity contribution in [3.8, 4) is 0 Å². The number of H-pyrrole nitrogens is 1. The van der Waals surface area contributed by atoms with Gasteiger partial charge in [-0.2, -0.15) is 5.10 Å². The summed E-state index contributed by atoms with van der Waals surface area (Å²) in [6.45, 7) is 4.45. The summed E-state index contributed by atoms with van der Waals surface area (Å²) < 4.78 is 32.4. The molecule has 2 rings (SSSR count). The lowest BCUT2D eigenvalue weighted by atomic mass is 10.1. The van der Waals surface area contributed by atoms with Crippen molar-refractivity contribution in [1.29, 1.82) is 0 Å². The number of aryl methyl sites for hydroxylation is 2. The Morgan fingerprint density at radius 1 is 1.41 bits per heavy atom. The van der Waals surface area contributed by atoms with Crippen LogP contribution in [0.5, 0.6) is 0 Å². The van der Waals surface area contributed by atoms with Crippen molar-refractivity contribution < 1.29 is 17.9 Å². The lowest BCUT2D eigenvalue weighted by molar-refractivity contribution is -0.136. The number of sulfonamides is 1. The molecular weight excluding hydrogens is 308 g/mol. The number of carbonyl (C=O) groups excluding carboxylic acids is 1. The molecule has 1 aromatic heterocycles. The maximum Gasteiger partial charge on any atom is 0.248 e. The van der Waals surface area contributed by atoms with Crippen molar-refractivity contribution >= 4 is 15.9 Å². The second kappa shape index (κ2) is 6.76. The van der Waals surface area contributed by atoms with Gasteiger partial charge in [-0.1, -0.05) is 0 Å². The first-order valence-electron chi connectivity index (χ1n) is 7.15. The third kappa shape index (κ3) is 3.65. The average molecular weight is 330 g/mol. The van der Waals surface area contributed by atoms with Crippen LogP contribution in [0.1, 0.15) is 24.2 Å². The minimum Gasteiger partial charge on any atom is -0.375 e.